The zero-order chi connectivity index (χ0) is 15.1. The minimum Gasteiger partial charge on any atom is -0.352 e. The highest BCUT2D eigenvalue weighted by molar-refractivity contribution is 5.78. The van der Waals surface area contributed by atoms with Gasteiger partial charge in [-0.1, -0.05) is 19.8 Å². The van der Waals surface area contributed by atoms with E-state index < -0.39 is 0 Å². The van der Waals surface area contributed by atoms with Crippen LogP contribution in [0.3, 0.4) is 0 Å². The molecule has 21 heavy (non-hydrogen) atoms. The Labute approximate surface area is 130 Å². The molecule has 2 fully saturated rings. The molecule has 122 valence electrons. The molecule has 2 aliphatic rings. The van der Waals surface area contributed by atoms with Crippen LogP contribution >= 0.6 is 0 Å². The Morgan fingerprint density at radius 3 is 2.33 bits per heavy atom. The highest BCUT2D eigenvalue weighted by Crippen LogP contribution is 2.22. The van der Waals surface area contributed by atoms with E-state index in [0.29, 0.717) is 24.7 Å². The molecule has 2 N–H and O–H groups in total. The maximum Gasteiger partial charge on any atom is 0.234 e. The first kappa shape index (κ1) is 16.8. The third kappa shape index (κ3) is 5.59. The minimum atomic E-state index is 0.218. The molecule has 0 atom stereocenters. The molecule has 1 amide bonds. The summed E-state index contributed by atoms with van der Waals surface area (Å²) in [5.41, 5.74) is 0. The van der Waals surface area contributed by atoms with Crippen LogP contribution in [-0.4, -0.2) is 49.1 Å². The summed E-state index contributed by atoms with van der Waals surface area (Å²) in [4.78, 5) is 14.4. The minimum absolute atomic E-state index is 0.218. The Hall–Kier alpha value is -0.610. The second-order valence-corrected chi connectivity index (χ2v) is 6.92. The lowest BCUT2D eigenvalue weighted by molar-refractivity contribution is -0.123. The molecule has 0 aliphatic heterocycles. The van der Waals surface area contributed by atoms with Gasteiger partial charge in [-0.05, 0) is 58.5 Å². The highest BCUT2D eigenvalue weighted by atomic mass is 16.2. The summed E-state index contributed by atoms with van der Waals surface area (Å²) in [7, 11) is 2.11. The molecule has 2 saturated carbocycles. The lowest BCUT2D eigenvalue weighted by Crippen LogP contribution is -2.46. The third-order valence-electron chi connectivity index (χ3n) is 5.12. The number of hydrogen-bond acceptors (Lipinski definition) is 3. The van der Waals surface area contributed by atoms with E-state index in [9.17, 15) is 4.79 Å². The van der Waals surface area contributed by atoms with Crippen molar-refractivity contribution in [3.63, 3.8) is 0 Å². The molecule has 2 aliphatic carbocycles. The Balaban J connectivity index is 1.64. The quantitative estimate of drug-likeness (QED) is 0.757. The first-order valence-corrected chi connectivity index (χ1v) is 8.92. The number of hydrogen-bond donors (Lipinski definition) is 2. The molecule has 0 unspecified atom stereocenters. The molecule has 2 rings (SSSR count). The largest absolute Gasteiger partial charge is 0.352 e. The van der Waals surface area contributed by atoms with Crippen molar-refractivity contribution in [2.45, 2.75) is 82.8 Å². The Morgan fingerprint density at radius 1 is 1.05 bits per heavy atom. The van der Waals surface area contributed by atoms with E-state index in [1.165, 1.54) is 57.8 Å². The van der Waals surface area contributed by atoms with Crippen LogP contribution in [0.5, 0.6) is 0 Å². The number of carbonyl (C=O) groups is 1. The van der Waals surface area contributed by atoms with Gasteiger partial charge in [-0.25, -0.2) is 0 Å². The predicted molar refractivity (Wildman–Crippen MR) is 87.4 cm³/mol. The fourth-order valence-electron chi connectivity index (χ4n) is 3.77. The van der Waals surface area contributed by atoms with Gasteiger partial charge in [0.2, 0.25) is 5.91 Å². The average molecular weight is 295 g/mol. The number of likely N-dealkylation sites (N-methyl/N-ethyl adjacent to an activating group) is 1. The van der Waals surface area contributed by atoms with Crippen molar-refractivity contribution in [2.75, 3.05) is 20.1 Å². The van der Waals surface area contributed by atoms with Crippen LogP contribution in [-0.2, 0) is 4.79 Å². The fraction of sp³-hybridized carbons (Fsp3) is 0.941. The summed E-state index contributed by atoms with van der Waals surface area (Å²) in [6.07, 6.45) is 11.0. The second kappa shape index (κ2) is 8.74. The van der Waals surface area contributed by atoms with Crippen LogP contribution in [0, 0.1) is 0 Å². The van der Waals surface area contributed by atoms with Gasteiger partial charge in [0.15, 0.2) is 0 Å². The van der Waals surface area contributed by atoms with Crippen LogP contribution in [0.2, 0.25) is 0 Å². The van der Waals surface area contributed by atoms with Gasteiger partial charge < -0.3 is 10.6 Å². The van der Waals surface area contributed by atoms with E-state index in [4.69, 9.17) is 0 Å². The maximum absolute atomic E-state index is 12.1. The van der Waals surface area contributed by atoms with Crippen molar-refractivity contribution in [1.82, 2.24) is 15.5 Å². The van der Waals surface area contributed by atoms with Crippen molar-refractivity contribution < 1.29 is 4.79 Å². The van der Waals surface area contributed by atoms with Crippen LogP contribution < -0.4 is 10.6 Å². The van der Waals surface area contributed by atoms with Crippen molar-refractivity contribution in [3.05, 3.63) is 0 Å². The first-order chi connectivity index (χ1) is 10.2. The normalized spacial score (nSPS) is 27.2. The molecular weight excluding hydrogens is 262 g/mol. The van der Waals surface area contributed by atoms with Gasteiger partial charge in [-0.15, -0.1) is 0 Å². The Bertz CT molecular complexity index is 307. The highest BCUT2D eigenvalue weighted by Gasteiger charge is 2.25. The van der Waals surface area contributed by atoms with Gasteiger partial charge in [0, 0.05) is 18.1 Å². The first-order valence-electron chi connectivity index (χ1n) is 8.92. The van der Waals surface area contributed by atoms with Crippen LogP contribution in [0.1, 0.15) is 64.7 Å². The van der Waals surface area contributed by atoms with Gasteiger partial charge in [-0.3, -0.25) is 9.69 Å². The van der Waals surface area contributed by atoms with Gasteiger partial charge in [0.05, 0.1) is 6.54 Å². The Morgan fingerprint density at radius 2 is 1.71 bits per heavy atom. The Kier molecular flexibility index (Phi) is 6.97. The molecule has 4 heteroatoms. The number of nitrogens with zero attached hydrogens (tertiary/aromatic N) is 1. The molecule has 0 aromatic rings. The van der Waals surface area contributed by atoms with E-state index in [0.717, 1.165) is 6.54 Å². The summed E-state index contributed by atoms with van der Waals surface area (Å²) >= 11 is 0. The van der Waals surface area contributed by atoms with Crippen molar-refractivity contribution >= 4 is 5.91 Å². The maximum atomic E-state index is 12.1. The molecule has 0 aromatic carbocycles. The summed E-state index contributed by atoms with van der Waals surface area (Å²) in [5, 5.41) is 6.81. The fourth-order valence-corrected chi connectivity index (χ4v) is 3.77. The van der Waals surface area contributed by atoms with E-state index in [1.807, 2.05) is 0 Å². The van der Waals surface area contributed by atoms with Gasteiger partial charge in [0.25, 0.3) is 0 Å². The molecule has 0 spiro atoms. The van der Waals surface area contributed by atoms with Crippen molar-refractivity contribution in [3.8, 4) is 0 Å². The molecule has 4 nitrogen and oxygen atoms in total. The average Bonchev–Trinajstić information content (AvgIpc) is 2.98. The second-order valence-electron chi connectivity index (χ2n) is 6.92. The number of carbonyl (C=O) groups excluding carboxylic acids is 1. The SMILES string of the molecule is CCCNC1CCC(N(C)CC(=O)NC2CCCC2)CC1. The lowest BCUT2D eigenvalue weighted by atomic mass is 9.90. The standard InChI is InChI=1S/C17H33N3O/c1-3-12-18-14-8-10-16(11-9-14)20(2)13-17(21)19-15-6-4-5-7-15/h14-16,18H,3-13H2,1-2H3,(H,19,21). The molecule has 0 radical (unpaired) electrons. The predicted octanol–water partition coefficient (Wildman–Crippen LogP) is 2.29. The van der Waals surface area contributed by atoms with Crippen LogP contribution in [0.15, 0.2) is 0 Å². The lowest BCUT2D eigenvalue weighted by Gasteiger charge is -2.34. The number of nitrogens with one attached hydrogen (secondary N) is 2. The number of rotatable bonds is 7. The third-order valence-corrected chi connectivity index (χ3v) is 5.12. The number of amides is 1. The van der Waals surface area contributed by atoms with Crippen LogP contribution in [0.4, 0.5) is 0 Å². The van der Waals surface area contributed by atoms with Crippen molar-refractivity contribution in [2.24, 2.45) is 0 Å². The van der Waals surface area contributed by atoms with E-state index >= 15 is 0 Å². The van der Waals surface area contributed by atoms with E-state index in [2.05, 4.69) is 29.5 Å². The molecule has 0 bridgehead atoms. The molecule has 0 aromatic heterocycles. The molecular formula is C17H33N3O. The van der Waals surface area contributed by atoms with Gasteiger partial charge >= 0.3 is 0 Å². The summed E-state index contributed by atoms with van der Waals surface area (Å²) in [6.45, 7) is 3.92. The summed E-state index contributed by atoms with van der Waals surface area (Å²) in [6, 6.07) is 1.72. The zero-order valence-corrected chi connectivity index (χ0v) is 13.9. The van der Waals surface area contributed by atoms with E-state index in [-0.39, 0.29) is 5.91 Å². The van der Waals surface area contributed by atoms with E-state index in [1.54, 1.807) is 0 Å². The smallest absolute Gasteiger partial charge is 0.234 e. The summed E-state index contributed by atoms with van der Waals surface area (Å²) < 4.78 is 0. The summed E-state index contributed by atoms with van der Waals surface area (Å²) in [5.74, 6) is 0.218. The monoisotopic (exact) mass is 295 g/mol. The van der Waals surface area contributed by atoms with Crippen LogP contribution in [0.25, 0.3) is 0 Å². The molecule has 0 saturated heterocycles. The van der Waals surface area contributed by atoms with Gasteiger partial charge in [0.1, 0.15) is 0 Å². The van der Waals surface area contributed by atoms with Gasteiger partial charge in [-0.2, -0.15) is 0 Å². The zero-order valence-electron chi connectivity index (χ0n) is 13.9. The van der Waals surface area contributed by atoms with Crippen molar-refractivity contribution in [1.29, 1.82) is 0 Å². The molecule has 0 heterocycles. The topological polar surface area (TPSA) is 44.4 Å².